The molecule has 6 heteroatoms. The fourth-order valence-electron chi connectivity index (χ4n) is 0.946. The Hall–Kier alpha value is -1.85. The minimum Gasteiger partial charge on any atom is -0.480 e. The average Bonchev–Trinajstić information content (AvgIpc) is 2.61. The van der Waals surface area contributed by atoms with E-state index >= 15 is 0 Å². The summed E-state index contributed by atoms with van der Waals surface area (Å²) in [6.07, 6.45) is 1.70. The molecule has 0 aliphatic carbocycles. The SMILES string of the molecule is CCc1ocnc1C(=O)NCC(=O)O. The highest BCUT2D eigenvalue weighted by Gasteiger charge is 2.15. The molecule has 0 aromatic carbocycles. The zero-order valence-electron chi connectivity index (χ0n) is 7.61. The molecule has 14 heavy (non-hydrogen) atoms. The molecule has 1 aromatic heterocycles. The zero-order valence-corrected chi connectivity index (χ0v) is 7.61. The number of oxazole rings is 1. The van der Waals surface area contributed by atoms with Gasteiger partial charge in [0.1, 0.15) is 12.3 Å². The molecule has 76 valence electrons. The lowest BCUT2D eigenvalue weighted by atomic mass is 10.3. The van der Waals surface area contributed by atoms with Crippen molar-refractivity contribution in [1.82, 2.24) is 10.3 Å². The molecule has 1 amide bonds. The van der Waals surface area contributed by atoms with Gasteiger partial charge in [0.05, 0.1) is 0 Å². The van der Waals surface area contributed by atoms with Crippen LogP contribution in [0.4, 0.5) is 0 Å². The molecule has 6 nitrogen and oxygen atoms in total. The van der Waals surface area contributed by atoms with Crippen molar-refractivity contribution in [3.8, 4) is 0 Å². The molecule has 0 unspecified atom stereocenters. The number of nitrogens with zero attached hydrogens (tertiary/aromatic N) is 1. The molecule has 0 spiro atoms. The van der Waals surface area contributed by atoms with Crippen LogP contribution in [0.2, 0.25) is 0 Å². The van der Waals surface area contributed by atoms with Crippen LogP contribution in [-0.4, -0.2) is 28.5 Å². The average molecular weight is 198 g/mol. The number of aryl methyl sites for hydroxylation is 1. The van der Waals surface area contributed by atoms with Gasteiger partial charge in [-0.3, -0.25) is 9.59 Å². The number of carboxylic acids is 1. The van der Waals surface area contributed by atoms with E-state index in [1.54, 1.807) is 0 Å². The van der Waals surface area contributed by atoms with E-state index in [0.717, 1.165) is 6.39 Å². The maximum absolute atomic E-state index is 11.3. The third kappa shape index (κ3) is 2.32. The predicted octanol–water partition coefficient (Wildman–Crippen LogP) is 0.0514. The van der Waals surface area contributed by atoms with Gasteiger partial charge in [0.25, 0.3) is 5.91 Å². The molecular weight excluding hydrogens is 188 g/mol. The molecule has 0 fully saturated rings. The van der Waals surface area contributed by atoms with Crippen LogP contribution in [0.25, 0.3) is 0 Å². The van der Waals surface area contributed by atoms with Crippen LogP contribution in [0, 0.1) is 0 Å². The standard InChI is InChI=1S/C8H10N2O4/c1-2-5-7(10-4-14-5)8(13)9-3-6(11)12/h4H,2-3H2,1H3,(H,9,13)(H,11,12). The maximum atomic E-state index is 11.3. The molecule has 0 saturated heterocycles. The number of nitrogens with one attached hydrogen (secondary N) is 1. The van der Waals surface area contributed by atoms with Crippen molar-refractivity contribution < 1.29 is 19.1 Å². The largest absolute Gasteiger partial charge is 0.480 e. The summed E-state index contributed by atoms with van der Waals surface area (Å²) in [6.45, 7) is 1.39. The number of carbonyl (C=O) groups is 2. The van der Waals surface area contributed by atoms with Gasteiger partial charge >= 0.3 is 5.97 Å². The Morgan fingerprint density at radius 3 is 2.93 bits per heavy atom. The second kappa shape index (κ2) is 4.40. The molecular formula is C8H10N2O4. The number of amides is 1. The maximum Gasteiger partial charge on any atom is 0.322 e. The van der Waals surface area contributed by atoms with Gasteiger partial charge in [-0.05, 0) is 0 Å². The third-order valence-corrected chi connectivity index (χ3v) is 1.58. The number of carbonyl (C=O) groups excluding carboxylic acids is 1. The van der Waals surface area contributed by atoms with Crippen molar-refractivity contribution in [2.24, 2.45) is 0 Å². The van der Waals surface area contributed by atoms with Gasteiger partial charge in [-0.15, -0.1) is 0 Å². The van der Waals surface area contributed by atoms with Crippen molar-refractivity contribution in [2.75, 3.05) is 6.54 Å². The summed E-state index contributed by atoms with van der Waals surface area (Å²) in [4.78, 5) is 25.2. The lowest BCUT2D eigenvalue weighted by Gasteiger charge is -1.99. The van der Waals surface area contributed by atoms with E-state index < -0.39 is 18.4 Å². The van der Waals surface area contributed by atoms with Crippen molar-refractivity contribution in [3.05, 3.63) is 17.8 Å². The number of aromatic nitrogens is 1. The van der Waals surface area contributed by atoms with Crippen LogP contribution in [0.15, 0.2) is 10.8 Å². The lowest BCUT2D eigenvalue weighted by Crippen LogP contribution is -2.30. The fraction of sp³-hybridized carbons (Fsp3) is 0.375. The van der Waals surface area contributed by atoms with Gasteiger partial charge in [0, 0.05) is 6.42 Å². The van der Waals surface area contributed by atoms with Crippen LogP contribution < -0.4 is 5.32 Å². The quantitative estimate of drug-likeness (QED) is 0.713. The van der Waals surface area contributed by atoms with Gasteiger partial charge in [-0.25, -0.2) is 4.98 Å². The molecule has 0 radical (unpaired) electrons. The fourth-order valence-corrected chi connectivity index (χ4v) is 0.946. The lowest BCUT2D eigenvalue weighted by molar-refractivity contribution is -0.135. The zero-order chi connectivity index (χ0) is 10.6. The molecule has 1 heterocycles. The normalized spacial score (nSPS) is 9.79. The minimum atomic E-state index is -1.10. The van der Waals surface area contributed by atoms with E-state index in [1.807, 2.05) is 6.92 Å². The van der Waals surface area contributed by atoms with Crippen LogP contribution in [-0.2, 0) is 11.2 Å². The highest BCUT2D eigenvalue weighted by molar-refractivity contribution is 5.94. The molecule has 0 bridgehead atoms. The van der Waals surface area contributed by atoms with Crippen LogP contribution in [0.3, 0.4) is 0 Å². The van der Waals surface area contributed by atoms with Crippen molar-refractivity contribution >= 4 is 11.9 Å². The van der Waals surface area contributed by atoms with E-state index in [-0.39, 0.29) is 5.69 Å². The van der Waals surface area contributed by atoms with E-state index in [0.29, 0.717) is 12.2 Å². The van der Waals surface area contributed by atoms with Gasteiger partial charge in [0.2, 0.25) is 0 Å². The molecule has 0 aliphatic rings. The highest BCUT2D eigenvalue weighted by atomic mass is 16.4. The van der Waals surface area contributed by atoms with Crippen LogP contribution >= 0.6 is 0 Å². The summed E-state index contributed by atoms with van der Waals surface area (Å²) < 4.78 is 4.92. The Morgan fingerprint density at radius 1 is 1.64 bits per heavy atom. The Kier molecular flexibility index (Phi) is 3.22. The number of hydrogen-bond acceptors (Lipinski definition) is 4. The molecule has 1 aromatic rings. The first-order valence-electron chi connectivity index (χ1n) is 4.07. The second-order valence-electron chi connectivity index (χ2n) is 2.55. The van der Waals surface area contributed by atoms with Crippen LogP contribution in [0.1, 0.15) is 23.2 Å². The molecule has 2 N–H and O–H groups in total. The number of hydrogen-bond donors (Lipinski definition) is 2. The number of aliphatic carboxylic acids is 1. The monoisotopic (exact) mass is 198 g/mol. The number of carboxylic acid groups (broad SMARTS) is 1. The summed E-state index contributed by atoms with van der Waals surface area (Å²) in [5.74, 6) is -1.18. The van der Waals surface area contributed by atoms with E-state index in [2.05, 4.69) is 10.3 Å². The topological polar surface area (TPSA) is 92.4 Å². The number of rotatable bonds is 4. The first-order valence-corrected chi connectivity index (χ1v) is 4.07. The Morgan fingerprint density at radius 2 is 2.36 bits per heavy atom. The van der Waals surface area contributed by atoms with Gasteiger partial charge < -0.3 is 14.8 Å². The summed E-state index contributed by atoms with van der Waals surface area (Å²) >= 11 is 0. The first-order chi connectivity index (χ1) is 6.65. The molecule has 1 rings (SSSR count). The Bertz CT molecular complexity index is 345. The van der Waals surface area contributed by atoms with Crippen LogP contribution in [0.5, 0.6) is 0 Å². The van der Waals surface area contributed by atoms with Crippen molar-refractivity contribution in [3.63, 3.8) is 0 Å². The van der Waals surface area contributed by atoms with Gasteiger partial charge in [-0.2, -0.15) is 0 Å². The second-order valence-corrected chi connectivity index (χ2v) is 2.55. The molecule has 0 aliphatic heterocycles. The Balaban J connectivity index is 2.64. The third-order valence-electron chi connectivity index (χ3n) is 1.58. The van der Waals surface area contributed by atoms with E-state index in [1.165, 1.54) is 0 Å². The smallest absolute Gasteiger partial charge is 0.322 e. The van der Waals surface area contributed by atoms with E-state index in [9.17, 15) is 9.59 Å². The van der Waals surface area contributed by atoms with Gasteiger partial charge in [-0.1, -0.05) is 6.92 Å². The summed E-state index contributed by atoms with van der Waals surface area (Å²) in [5.41, 5.74) is 0.147. The summed E-state index contributed by atoms with van der Waals surface area (Å²) in [6, 6.07) is 0. The minimum absolute atomic E-state index is 0.147. The van der Waals surface area contributed by atoms with Gasteiger partial charge in [0.15, 0.2) is 12.1 Å². The Labute approximate surface area is 79.9 Å². The van der Waals surface area contributed by atoms with Crippen molar-refractivity contribution in [2.45, 2.75) is 13.3 Å². The summed E-state index contributed by atoms with van der Waals surface area (Å²) in [5, 5.41) is 10.5. The summed E-state index contributed by atoms with van der Waals surface area (Å²) in [7, 11) is 0. The van der Waals surface area contributed by atoms with E-state index in [4.69, 9.17) is 9.52 Å². The first kappa shape index (κ1) is 10.2. The highest BCUT2D eigenvalue weighted by Crippen LogP contribution is 2.06. The van der Waals surface area contributed by atoms with Crippen molar-refractivity contribution in [1.29, 1.82) is 0 Å². The molecule has 0 atom stereocenters. The molecule has 0 saturated carbocycles. The predicted molar refractivity (Wildman–Crippen MR) is 45.9 cm³/mol.